The van der Waals surface area contributed by atoms with E-state index in [1.807, 2.05) is 12.3 Å². The average molecular weight is 282 g/mol. The number of nitrogens with zero attached hydrogens (tertiary/aromatic N) is 1. The topological polar surface area (TPSA) is 24.9 Å². The van der Waals surface area contributed by atoms with E-state index in [0.29, 0.717) is 6.04 Å². The summed E-state index contributed by atoms with van der Waals surface area (Å²) >= 11 is 0. The summed E-state index contributed by atoms with van der Waals surface area (Å²) in [6.07, 6.45) is 5.07. The molecule has 0 fully saturated rings. The molecule has 2 aromatic rings. The van der Waals surface area contributed by atoms with Gasteiger partial charge in [0, 0.05) is 29.8 Å². The maximum atomic E-state index is 4.50. The van der Waals surface area contributed by atoms with Crippen molar-refractivity contribution < 1.29 is 0 Å². The van der Waals surface area contributed by atoms with Gasteiger partial charge in [0.05, 0.1) is 0 Å². The molecule has 112 valence electrons. The Bertz CT molecular complexity index is 518. The van der Waals surface area contributed by atoms with E-state index in [9.17, 15) is 0 Å². The van der Waals surface area contributed by atoms with Crippen molar-refractivity contribution in [3.63, 3.8) is 0 Å². The van der Waals surface area contributed by atoms with Gasteiger partial charge >= 0.3 is 0 Å². The molecular formula is C19H26N2. The second-order valence-electron chi connectivity index (χ2n) is 5.60. The van der Waals surface area contributed by atoms with Crippen LogP contribution in [0.5, 0.6) is 0 Å². The van der Waals surface area contributed by atoms with Crippen LogP contribution in [0, 0.1) is 0 Å². The number of hydrogen-bond donors (Lipinski definition) is 1. The van der Waals surface area contributed by atoms with E-state index in [-0.39, 0.29) is 5.41 Å². The van der Waals surface area contributed by atoms with E-state index in [0.717, 1.165) is 25.0 Å². The quantitative estimate of drug-likeness (QED) is 0.831. The SMILES string of the molecule is CCC(CC)(c1ccccc1)C(Cc1ccccn1)NC. The molecule has 0 saturated heterocycles. The molecule has 1 atom stereocenters. The summed E-state index contributed by atoms with van der Waals surface area (Å²) in [7, 11) is 2.07. The van der Waals surface area contributed by atoms with Crippen LogP contribution in [0.1, 0.15) is 37.9 Å². The van der Waals surface area contributed by atoms with Crippen LogP contribution >= 0.6 is 0 Å². The van der Waals surface area contributed by atoms with E-state index < -0.39 is 0 Å². The molecule has 0 aliphatic heterocycles. The highest BCUT2D eigenvalue weighted by atomic mass is 14.9. The fraction of sp³-hybridized carbons (Fsp3) is 0.421. The van der Waals surface area contributed by atoms with Crippen molar-refractivity contribution in [2.45, 2.75) is 44.6 Å². The van der Waals surface area contributed by atoms with Crippen LogP contribution in [-0.4, -0.2) is 18.1 Å². The zero-order valence-corrected chi connectivity index (χ0v) is 13.3. The maximum absolute atomic E-state index is 4.50. The predicted octanol–water partition coefficient (Wildman–Crippen LogP) is 3.97. The summed E-state index contributed by atoms with van der Waals surface area (Å²) < 4.78 is 0. The molecule has 2 rings (SSSR count). The highest BCUT2D eigenvalue weighted by Gasteiger charge is 2.36. The molecule has 1 aromatic heterocycles. The zero-order valence-electron chi connectivity index (χ0n) is 13.3. The number of hydrogen-bond acceptors (Lipinski definition) is 2. The van der Waals surface area contributed by atoms with Gasteiger partial charge in [-0.2, -0.15) is 0 Å². The second kappa shape index (κ2) is 7.37. The van der Waals surface area contributed by atoms with Gasteiger partial charge in [-0.25, -0.2) is 0 Å². The Morgan fingerprint density at radius 3 is 2.19 bits per heavy atom. The maximum Gasteiger partial charge on any atom is 0.0419 e. The number of nitrogens with one attached hydrogen (secondary N) is 1. The molecular weight excluding hydrogens is 256 g/mol. The lowest BCUT2D eigenvalue weighted by molar-refractivity contribution is 0.279. The Morgan fingerprint density at radius 1 is 1.00 bits per heavy atom. The molecule has 1 unspecified atom stereocenters. The van der Waals surface area contributed by atoms with Gasteiger partial charge < -0.3 is 5.32 Å². The van der Waals surface area contributed by atoms with E-state index >= 15 is 0 Å². The number of likely N-dealkylation sites (N-methyl/N-ethyl adjacent to an activating group) is 1. The summed E-state index contributed by atoms with van der Waals surface area (Å²) in [6, 6.07) is 17.4. The lowest BCUT2D eigenvalue weighted by Crippen LogP contribution is -2.48. The second-order valence-corrected chi connectivity index (χ2v) is 5.60. The lowest BCUT2D eigenvalue weighted by atomic mass is 9.69. The van der Waals surface area contributed by atoms with Crippen LogP contribution in [0.25, 0.3) is 0 Å². The Morgan fingerprint density at radius 2 is 1.67 bits per heavy atom. The standard InChI is InChI=1S/C19H26N2/c1-4-19(5-2,16-11-7-6-8-12-16)18(20-3)15-17-13-9-10-14-21-17/h6-14,18,20H,4-5,15H2,1-3H3. The highest BCUT2D eigenvalue weighted by molar-refractivity contribution is 5.28. The van der Waals surface area contributed by atoms with Crippen molar-refractivity contribution in [3.8, 4) is 0 Å². The first-order valence-electron chi connectivity index (χ1n) is 7.89. The minimum absolute atomic E-state index is 0.146. The van der Waals surface area contributed by atoms with Crippen molar-refractivity contribution >= 4 is 0 Å². The summed E-state index contributed by atoms with van der Waals surface area (Å²) in [4.78, 5) is 4.50. The minimum atomic E-state index is 0.146. The van der Waals surface area contributed by atoms with Gasteiger partial charge in [-0.1, -0.05) is 50.2 Å². The fourth-order valence-electron chi connectivity index (χ4n) is 3.42. The van der Waals surface area contributed by atoms with Gasteiger partial charge in [0.2, 0.25) is 0 Å². The largest absolute Gasteiger partial charge is 0.316 e. The molecule has 0 radical (unpaired) electrons. The predicted molar refractivity (Wildman–Crippen MR) is 89.5 cm³/mol. The van der Waals surface area contributed by atoms with Crippen molar-refractivity contribution in [2.24, 2.45) is 0 Å². The van der Waals surface area contributed by atoms with Crippen LogP contribution in [0.3, 0.4) is 0 Å². The minimum Gasteiger partial charge on any atom is -0.316 e. The van der Waals surface area contributed by atoms with Crippen molar-refractivity contribution in [2.75, 3.05) is 7.05 Å². The van der Waals surface area contributed by atoms with Crippen LogP contribution in [0.2, 0.25) is 0 Å². The smallest absolute Gasteiger partial charge is 0.0419 e. The molecule has 0 saturated carbocycles. The van der Waals surface area contributed by atoms with Gasteiger partial charge in [0.1, 0.15) is 0 Å². The summed E-state index contributed by atoms with van der Waals surface area (Å²) in [5, 5.41) is 3.55. The first kappa shape index (κ1) is 15.7. The normalized spacial score (nSPS) is 13.1. The fourth-order valence-corrected chi connectivity index (χ4v) is 3.42. The van der Waals surface area contributed by atoms with Crippen LogP contribution in [0.4, 0.5) is 0 Å². The van der Waals surface area contributed by atoms with E-state index in [2.05, 4.69) is 73.7 Å². The molecule has 0 aliphatic carbocycles. The Balaban J connectivity index is 2.35. The molecule has 2 heteroatoms. The van der Waals surface area contributed by atoms with Crippen molar-refractivity contribution in [1.29, 1.82) is 0 Å². The van der Waals surface area contributed by atoms with Gasteiger partial charge in [-0.05, 0) is 37.6 Å². The first-order chi connectivity index (χ1) is 10.3. The Labute approximate surface area is 128 Å². The summed E-state index contributed by atoms with van der Waals surface area (Å²) in [5.41, 5.74) is 2.72. The first-order valence-corrected chi connectivity index (χ1v) is 7.89. The van der Waals surface area contributed by atoms with E-state index in [1.54, 1.807) is 0 Å². The number of rotatable bonds is 7. The molecule has 1 N–H and O–H groups in total. The molecule has 1 heterocycles. The van der Waals surface area contributed by atoms with Gasteiger partial charge in [-0.15, -0.1) is 0 Å². The lowest BCUT2D eigenvalue weighted by Gasteiger charge is -2.40. The highest BCUT2D eigenvalue weighted by Crippen LogP contribution is 2.36. The molecule has 21 heavy (non-hydrogen) atoms. The van der Waals surface area contributed by atoms with Crippen LogP contribution < -0.4 is 5.32 Å². The molecule has 0 aliphatic rings. The zero-order chi connectivity index (χ0) is 15.1. The Kier molecular flexibility index (Phi) is 5.51. The molecule has 0 bridgehead atoms. The van der Waals surface area contributed by atoms with Gasteiger partial charge in [0.25, 0.3) is 0 Å². The van der Waals surface area contributed by atoms with Crippen molar-refractivity contribution in [1.82, 2.24) is 10.3 Å². The van der Waals surface area contributed by atoms with Gasteiger partial charge in [0.15, 0.2) is 0 Å². The summed E-state index contributed by atoms with van der Waals surface area (Å²) in [5.74, 6) is 0. The van der Waals surface area contributed by atoms with E-state index in [1.165, 1.54) is 5.56 Å². The third-order valence-corrected chi connectivity index (χ3v) is 4.77. The molecule has 0 spiro atoms. The molecule has 1 aromatic carbocycles. The molecule has 0 amide bonds. The molecule has 2 nitrogen and oxygen atoms in total. The number of pyridine rings is 1. The summed E-state index contributed by atoms with van der Waals surface area (Å²) in [6.45, 7) is 4.58. The van der Waals surface area contributed by atoms with Crippen LogP contribution in [-0.2, 0) is 11.8 Å². The number of benzene rings is 1. The third-order valence-electron chi connectivity index (χ3n) is 4.77. The van der Waals surface area contributed by atoms with Gasteiger partial charge in [-0.3, -0.25) is 4.98 Å². The van der Waals surface area contributed by atoms with E-state index in [4.69, 9.17) is 0 Å². The Hall–Kier alpha value is -1.67. The van der Waals surface area contributed by atoms with Crippen molar-refractivity contribution in [3.05, 3.63) is 66.0 Å². The average Bonchev–Trinajstić information content (AvgIpc) is 2.57. The third kappa shape index (κ3) is 3.33. The van der Waals surface area contributed by atoms with Crippen LogP contribution in [0.15, 0.2) is 54.7 Å². The number of aromatic nitrogens is 1. The monoisotopic (exact) mass is 282 g/mol.